The molecule has 1 aromatic rings. The molecule has 17 heavy (non-hydrogen) atoms. The fraction of sp³-hybridized carbons (Fsp3) is 0.538. The van der Waals surface area contributed by atoms with Crippen molar-refractivity contribution in [3.63, 3.8) is 0 Å². The Hall–Kier alpha value is -1.76. The molecule has 4 nitrogen and oxygen atoms in total. The number of anilines is 2. The average Bonchev–Trinajstić information content (AvgIpc) is 2.32. The molecule has 1 aromatic heterocycles. The average molecular weight is 232 g/mol. The van der Waals surface area contributed by atoms with Gasteiger partial charge in [0.1, 0.15) is 6.07 Å². The van der Waals surface area contributed by atoms with Crippen LogP contribution >= 0.6 is 0 Å². The van der Waals surface area contributed by atoms with Crippen molar-refractivity contribution in [1.29, 1.82) is 5.26 Å². The topological polar surface area (TPSA) is 74.7 Å². The van der Waals surface area contributed by atoms with Gasteiger partial charge in [0.15, 0.2) is 5.82 Å². The quantitative estimate of drug-likeness (QED) is 0.739. The highest BCUT2D eigenvalue weighted by molar-refractivity contribution is 5.69. The predicted octanol–water partition coefficient (Wildman–Crippen LogP) is 2.92. The van der Waals surface area contributed by atoms with Gasteiger partial charge in [0.25, 0.3) is 0 Å². The molecule has 0 saturated carbocycles. The number of nitriles is 1. The van der Waals surface area contributed by atoms with Gasteiger partial charge in [-0.3, -0.25) is 0 Å². The molecule has 0 saturated heterocycles. The number of hydrogen-bond acceptors (Lipinski definition) is 4. The summed E-state index contributed by atoms with van der Waals surface area (Å²) in [5.74, 6) is 0.619. The third kappa shape index (κ3) is 3.95. The minimum absolute atomic E-state index is 0.324. The molecule has 1 atom stereocenters. The SMILES string of the molecule is CCCCCC(C)Nc1nccc(C#N)c1N. The number of nitrogens with zero attached hydrogens (tertiary/aromatic N) is 2. The van der Waals surface area contributed by atoms with Crippen molar-refractivity contribution < 1.29 is 0 Å². The molecule has 92 valence electrons. The zero-order valence-electron chi connectivity index (χ0n) is 10.5. The fourth-order valence-electron chi connectivity index (χ4n) is 1.69. The molecule has 1 unspecified atom stereocenters. The van der Waals surface area contributed by atoms with Crippen molar-refractivity contribution in [2.24, 2.45) is 0 Å². The van der Waals surface area contributed by atoms with Crippen LogP contribution in [0.25, 0.3) is 0 Å². The first-order valence-electron chi connectivity index (χ1n) is 6.10. The molecular weight excluding hydrogens is 212 g/mol. The molecule has 0 aromatic carbocycles. The number of unbranched alkanes of at least 4 members (excludes halogenated alkanes) is 2. The van der Waals surface area contributed by atoms with Crippen LogP contribution in [0.1, 0.15) is 45.1 Å². The van der Waals surface area contributed by atoms with Gasteiger partial charge in [-0.15, -0.1) is 0 Å². The number of pyridine rings is 1. The predicted molar refractivity (Wildman–Crippen MR) is 70.6 cm³/mol. The monoisotopic (exact) mass is 232 g/mol. The maximum Gasteiger partial charge on any atom is 0.150 e. The van der Waals surface area contributed by atoms with Gasteiger partial charge >= 0.3 is 0 Å². The van der Waals surface area contributed by atoms with E-state index in [9.17, 15) is 0 Å². The lowest BCUT2D eigenvalue weighted by Crippen LogP contribution is -2.17. The number of nitrogens with one attached hydrogen (secondary N) is 1. The summed E-state index contributed by atoms with van der Waals surface area (Å²) in [5, 5.41) is 12.1. The molecule has 0 aliphatic rings. The van der Waals surface area contributed by atoms with Crippen LogP contribution < -0.4 is 11.1 Å². The van der Waals surface area contributed by atoms with Gasteiger partial charge in [-0.2, -0.15) is 5.26 Å². The van der Waals surface area contributed by atoms with E-state index in [4.69, 9.17) is 11.0 Å². The van der Waals surface area contributed by atoms with Crippen LogP contribution in [-0.2, 0) is 0 Å². The lowest BCUT2D eigenvalue weighted by Gasteiger charge is -2.15. The number of nitrogens with two attached hydrogens (primary N) is 1. The number of rotatable bonds is 6. The minimum atomic E-state index is 0.324. The van der Waals surface area contributed by atoms with E-state index in [-0.39, 0.29) is 0 Å². The molecule has 0 aliphatic heterocycles. The Morgan fingerprint density at radius 1 is 1.53 bits per heavy atom. The second-order valence-electron chi connectivity index (χ2n) is 4.27. The second-order valence-corrected chi connectivity index (χ2v) is 4.27. The van der Waals surface area contributed by atoms with Gasteiger partial charge in [0.2, 0.25) is 0 Å². The largest absolute Gasteiger partial charge is 0.395 e. The van der Waals surface area contributed by atoms with Gasteiger partial charge in [-0.1, -0.05) is 26.2 Å². The summed E-state index contributed by atoms with van der Waals surface area (Å²) in [6, 6.07) is 4.01. The number of nitrogen functional groups attached to an aromatic ring is 1. The molecule has 3 N–H and O–H groups in total. The lowest BCUT2D eigenvalue weighted by atomic mass is 10.1. The number of aromatic nitrogens is 1. The van der Waals surface area contributed by atoms with E-state index in [0.29, 0.717) is 23.1 Å². The van der Waals surface area contributed by atoms with Crippen LogP contribution in [0.3, 0.4) is 0 Å². The van der Waals surface area contributed by atoms with Gasteiger partial charge in [-0.25, -0.2) is 4.98 Å². The Labute approximate surface area is 103 Å². The maximum atomic E-state index is 8.86. The molecule has 1 heterocycles. The van der Waals surface area contributed by atoms with Crippen LogP contribution in [0.2, 0.25) is 0 Å². The summed E-state index contributed by atoms with van der Waals surface area (Å²) < 4.78 is 0. The van der Waals surface area contributed by atoms with Gasteiger partial charge in [-0.05, 0) is 19.4 Å². The van der Waals surface area contributed by atoms with Crippen LogP contribution in [0.15, 0.2) is 12.3 Å². The third-order valence-corrected chi connectivity index (χ3v) is 2.73. The summed E-state index contributed by atoms with van der Waals surface area (Å²) in [5.41, 5.74) is 6.77. The summed E-state index contributed by atoms with van der Waals surface area (Å²) in [7, 11) is 0. The zero-order valence-corrected chi connectivity index (χ0v) is 10.5. The van der Waals surface area contributed by atoms with Crippen molar-refractivity contribution in [1.82, 2.24) is 4.98 Å². The van der Waals surface area contributed by atoms with E-state index in [0.717, 1.165) is 6.42 Å². The van der Waals surface area contributed by atoms with Crippen LogP contribution in [-0.4, -0.2) is 11.0 Å². The van der Waals surface area contributed by atoms with Crippen LogP contribution in [0, 0.1) is 11.3 Å². The number of hydrogen-bond donors (Lipinski definition) is 2. The normalized spacial score (nSPS) is 11.8. The zero-order chi connectivity index (χ0) is 12.7. The highest BCUT2D eigenvalue weighted by Gasteiger charge is 2.08. The van der Waals surface area contributed by atoms with E-state index in [1.54, 1.807) is 12.3 Å². The van der Waals surface area contributed by atoms with E-state index in [1.165, 1.54) is 19.3 Å². The second kappa shape index (κ2) is 6.74. The van der Waals surface area contributed by atoms with Gasteiger partial charge in [0, 0.05) is 12.2 Å². The van der Waals surface area contributed by atoms with E-state index in [1.807, 2.05) is 0 Å². The minimum Gasteiger partial charge on any atom is -0.395 e. The van der Waals surface area contributed by atoms with Gasteiger partial charge < -0.3 is 11.1 Å². The summed E-state index contributed by atoms with van der Waals surface area (Å²) in [6.45, 7) is 4.30. The molecule has 0 bridgehead atoms. The van der Waals surface area contributed by atoms with E-state index >= 15 is 0 Å². The smallest absolute Gasteiger partial charge is 0.150 e. The highest BCUT2D eigenvalue weighted by atomic mass is 15.0. The molecule has 0 aliphatic carbocycles. The van der Waals surface area contributed by atoms with Crippen molar-refractivity contribution >= 4 is 11.5 Å². The first kappa shape index (κ1) is 13.3. The highest BCUT2D eigenvalue weighted by Crippen LogP contribution is 2.20. The first-order valence-corrected chi connectivity index (χ1v) is 6.10. The Balaban J connectivity index is 2.59. The van der Waals surface area contributed by atoms with E-state index in [2.05, 4.69) is 30.2 Å². The Kier molecular flexibility index (Phi) is 5.28. The summed E-state index contributed by atoms with van der Waals surface area (Å²) in [4.78, 5) is 4.17. The molecule has 0 amide bonds. The molecule has 0 spiro atoms. The molecule has 4 heteroatoms. The Bertz CT molecular complexity index is 395. The molecule has 0 fully saturated rings. The van der Waals surface area contributed by atoms with Crippen molar-refractivity contribution in [3.05, 3.63) is 17.8 Å². The molecule has 1 rings (SSSR count). The molecule has 0 radical (unpaired) electrons. The summed E-state index contributed by atoms with van der Waals surface area (Å²) >= 11 is 0. The Morgan fingerprint density at radius 3 is 2.94 bits per heavy atom. The third-order valence-electron chi connectivity index (χ3n) is 2.73. The van der Waals surface area contributed by atoms with Crippen molar-refractivity contribution in [2.45, 2.75) is 45.6 Å². The van der Waals surface area contributed by atoms with Crippen molar-refractivity contribution in [2.75, 3.05) is 11.1 Å². The standard InChI is InChI=1S/C13H20N4/c1-3-4-5-6-10(2)17-13-12(15)11(9-14)7-8-16-13/h7-8,10H,3-6,15H2,1-2H3,(H,16,17). The fourth-order valence-corrected chi connectivity index (χ4v) is 1.69. The van der Waals surface area contributed by atoms with E-state index < -0.39 is 0 Å². The summed E-state index contributed by atoms with van der Waals surface area (Å²) in [6.07, 6.45) is 6.36. The maximum absolute atomic E-state index is 8.86. The van der Waals surface area contributed by atoms with Crippen LogP contribution in [0.5, 0.6) is 0 Å². The lowest BCUT2D eigenvalue weighted by molar-refractivity contribution is 0.614. The van der Waals surface area contributed by atoms with Crippen LogP contribution in [0.4, 0.5) is 11.5 Å². The van der Waals surface area contributed by atoms with Gasteiger partial charge in [0.05, 0.1) is 11.3 Å². The van der Waals surface area contributed by atoms with Crippen molar-refractivity contribution in [3.8, 4) is 6.07 Å². The Morgan fingerprint density at radius 2 is 2.29 bits per heavy atom. The molecular formula is C13H20N4. The first-order chi connectivity index (χ1) is 8.19.